The standard InChI is InChI=1S/C18H17Cl2N5O/c19-15-3-1-11(7-16(15)20)5-6-22-18(21)25-24-10-12-9-23-17-4-2-13(26)8-14(12)17/h1-4,7-10,23,26H,5-6H2,(H3,21,22,25)/b24-10+. The molecule has 2 aromatic carbocycles. The van der Waals surface area contributed by atoms with Crippen molar-refractivity contribution in [2.75, 3.05) is 6.54 Å². The molecule has 0 atom stereocenters. The van der Waals surface area contributed by atoms with E-state index in [0.717, 1.165) is 22.0 Å². The van der Waals surface area contributed by atoms with Crippen molar-refractivity contribution in [3.8, 4) is 5.75 Å². The second kappa shape index (κ2) is 8.12. The summed E-state index contributed by atoms with van der Waals surface area (Å²) in [5.74, 6) is 0.409. The largest absolute Gasteiger partial charge is 0.508 e. The van der Waals surface area contributed by atoms with Crippen molar-refractivity contribution in [3.05, 3.63) is 63.8 Å². The summed E-state index contributed by atoms with van der Waals surface area (Å²) in [5, 5.41) is 15.6. The summed E-state index contributed by atoms with van der Waals surface area (Å²) in [6.45, 7) is 0.493. The molecule has 26 heavy (non-hydrogen) atoms. The smallest absolute Gasteiger partial charge is 0.209 e. The number of guanidine groups is 1. The third kappa shape index (κ3) is 4.47. The maximum Gasteiger partial charge on any atom is 0.209 e. The highest BCUT2D eigenvalue weighted by atomic mass is 35.5. The molecule has 0 saturated heterocycles. The van der Waals surface area contributed by atoms with Gasteiger partial charge < -0.3 is 15.8 Å². The molecule has 5 N–H and O–H groups in total. The Balaban J connectivity index is 1.56. The van der Waals surface area contributed by atoms with E-state index >= 15 is 0 Å². The average molecular weight is 390 g/mol. The van der Waals surface area contributed by atoms with Gasteiger partial charge in [-0.2, -0.15) is 5.10 Å². The van der Waals surface area contributed by atoms with Crippen LogP contribution in [0, 0.1) is 0 Å². The molecule has 0 aliphatic rings. The van der Waals surface area contributed by atoms with Crippen LogP contribution in [-0.4, -0.2) is 28.8 Å². The van der Waals surface area contributed by atoms with Crippen molar-refractivity contribution in [2.45, 2.75) is 6.42 Å². The molecule has 0 bridgehead atoms. The molecule has 3 aromatic rings. The highest BCUT2D eigenvalue weighted by molar-refractivity contribution is 6.42. The van der Waals surface area contributed by atoms with Gasteiger partial charge in [0, 0.05) is 29.2 Å². The third-order valence-electron chi connectivity index (χ3n) is 3.75. The molecule has 0 unspecified atom stereocenters. The minimum absolute atomic E-state index is 0.197. The lowest BCUT2D eigenvalue weighted by molar-refractivity contribution is 0.476. The van der Waals surface area contributed by atoms with Crippen molar-refractivity contribution in [1.82, 2.24) is 10.4 Å². The number of nitrogens with zero attached hydrogens (tertiary/aromatic N) is 2. The number of hydrogen-bond donors (Lipinski definition) is 4. The lowest BCUT2D eigenvalue weighted by Gasteiger charge is -2.02. The van der Waals surface area contributed by atoms with E-state index in [9.17, 15) is 5.11 Å². The number of phenolic OH excluding ortho intramolecular Hbond substituents is 1. The molecule has 0 spiro atoms. The van der Waals surface area contributed by atoms with Crippen LogP contribution in [-0.2, 0) is 6.42 Å². The fourth-order valence-corrected chi connectivity index (χ4v) is 2.76. The zero-order valence-corrected chi connectivity index (χ0v) is 15.2. The molecule has 0 amide bonds. The first-order valence-corrected chi connectivity index (χ1v) is 8.61. The molecule has 1 heterocycles. The molecule has 1 aromatic heterocycles. The number of halogens is 2. The highest BCUT2D eigenvalue weighted by Crippen LogP contribution is 2.23. The van der Waals surface area contributed by atoms with Gasteiger partial charge in [-0.3, -0.25) is 4.99 Å². The Hall–Kier alpha value is -2.70. The van der Waals surface area contributed by atoms with E-state index in [-0.39, 0.29) is 11.7 Å². The number of phenols is 1. The first-order valence-electron chi connectivity index (χ1n) is 7.86. The molecule has 6 nitrogen and oxygen atoms in total. The number of hydrogen-bond acceptors (Lipinski definition) is 3. The summed E-state index contributed by atoms with van der Waals surface area (Å²) < 4.78 is 0. The summed E-state index contributed by atoms with van der Waals surface area (Å²) in [6.07, 6.45) is 4.09. The molecule has 8 heteroatoms. The van der Waals surface area contributed by atoms with E-state index in [1.165, 1.54) is 0 Å². The quantitative estimate of drug-likeness (QED) is 0.304. The van der Waals surface area contributed by atoms with Crippen LogP contribution in [0.25, 0.3) is 10.9 Å². The Morgan fingerprint density at radius 2 is 2.04 bits per heavy atom. The van der Waals surface area contributed by atoms with E-state index < -0.39 is 0 Å². The topological polar surface area (TPSA) is 98.8 Å². The number of nitrogens with two attached hydrogens (primary N) is 1. The van der Waals surface area contributed by atoms with Crippen molar-refractivity contribution < 1.29 is 5.11 Å². The second-order valence-corrected chi connectivity index (χ2v) is 6.42. The van der Waals surface area contributed by atoms with Crippen LogP contribution in [0.3, 0.4) is 0 Å². The van der Waals surface area contributed by atoms with Crippen LogP contribution in [0.2, 0.25) is 10.0 Å². The normalized spacial score (nSPS) is 12.2. The Morgan fingerprint density at radius 1 is 1.19 bits per heavy atom. The molecular weight excluding hydrogens is 373 g/mol. The summed E-state index contributed by atoms with van der Waals surface area (Å²) >= 11 is 11.9. The van der Waals surface area contributed by atoms with Crippen molar-refractivity contribution in [2.24, 2.45) is 15.8 Å². The van der Waals surface area contributed by atoms with Gasteiger partial charge in [-0.05, 0) is 42.3 Å². The minimum Gasteiger partial charge on any atom is -0.508 e. The number of hydrazone groups is 1. The van der Waals surface area contributed by atoms with Crippen molar-refractivity contribution in [1.29, 1.82) is 0 Å². The third-order valence-corrected chi connectivity index (χ3v) is 4.49. The Morgan fingerprint density at radius 3 is 2.85 bits per heavy atom. The first-order chi connectivity index (χ1) is 12.5. The van der Waals surface area contributed by atoms with Gasteiger partial charge in [0.15, 0.2) is 0 Å². The molecule has 3 rings (SSSR count). The minimum atomic E-state index is 0.197. The molecule has 0 aliphatic heterocycles. The summed E-state index contributed by atoms with van der Waals surface area (Å²) in [5.41, 5.74) is 11.2. The van der Waals surface area contributed by atoms with Crippen LogP contribution >= 0.6 is 23.2 Å². The number of aromatic nitrogens is 1. The zero-order valence-electron chi connectivity index (χ0n) is 13.7. The van der Waals surface area contributed by atoms with E-state index in [1.54, 1.807) is 36.7 Å². The highest BCUT2D eigenvalue weighted by Gasteiger charge is 2.02. The fourth-order valence-electron chi connectivity index (χ4n) is 2.44. The second-order valence-electron chi connectivity index (χ2n) is 5.61. The van der Waals surface area contributed by atoms with Crippen LogP contribution in [0.4, 0.5) is 0 Å². The number of rotatable bonds is 5. The Bertz CT molecular complexity index is 981. The van der Waals surface area contributed by atoms with Gasteiger partial charge in [0.25, 0.3) is 0 Å². The van der Waals surface area contributed by atoms with E-state index in [1.807, 2.05) is 12.1 Å². The number of benzene rings is 2. The van der Waals surface area contributed by atoms with Crippen molar-refractivity contribution >= 4 is 46.3 Å². The predicted octanol–water partition coefficient (Wildman–Crippen LogP) is 3.66. The summed E-state index contributed by atoms with van der Waals surface area (Å²) in [6, 6.07) is 10.6. The maximum atomic E-state index is 9.58. The lowest BCUT2D eigenvalue weighted by Crippen LogP contribution is -2.27. The van der Waals surface area contributed by atoms with Gasteiger partial charge >= 0.3 is 0 Å². The van der Waals surface area contributed by atoms with Gasteiger partial charge in [0.2, 0.25) is 5.96 Å². The molecule has 0 aliphatic carbocycles. The number of fused-ring (bicyclic) bond motifs is 1. The van der Waals surface area contributed by atoms with Gasteiger partial charge in [0.1, 0.15) is 5.75 Å². The molecule has 0 radical (unpaired) electrons. The SMILES string of the molecule is NC(=NCCc1ccc(Cl)c(Cl)c1)N/N=C/c1c[nH]c2ccc(O)cc12. The molecule has 0 saturated carbocycles. The number of aromatic hydroxyl groups is 1. The monoisotopic (exact) mass is 389 g/mol. The van der Waals surface area contributed by atoms with Crippen LogP contribution in [0.15, 0.2) is 52.7 Å². The molecule has 134 valence electrons. The number of aromatic amines is 1. The molecule has 0 fully saturated rings. The fraction of sp³-hybridized carbons (Fsp3) is 0.111. The predicted molar refractivity (Wildman–Crippen MR) is 107 cm³/mol. The Labute approximate surface area is 160 Å². The van der Waals surface area contributed by atoms with Gasteiger partial charge in [-0.15, -0.1) is 0 Å². The van der Waals surface area contributed by atoms with Crippen molar-refractivity contribution in [3.63, 3.8) is 0 Å². The van der Waals surface area contributed by atoms with Gasteiger partial charge in [-0.25, -0.2) is 5.43 Å². The summed E-state index contributed by atoms with van der Waals surface area (Å²) in [4.78, 5) is 7.32. The van der Waals surface area contributed by atoms with Crippen LogP contribution < -0.4 is 11.2 Å². The average Bonchev–Trinajstić information content (AvgIpc) is 3.00. The number of H-pyrrole nitrogens is 1. The number of nitrogens with one attached hydrogen (secondary N) is 2. The lowest BCUT2D eigenvalue weighted by atomic mass is 10.1. The van der Waals surface area contributed by atoms with Gasteiger partial charge in [0.05, 0.1) is 16.3 Å². The van der Waals surface area contributed by atoms with Crippen LogP contribution in [0.1, 0.15) is 11.1 Å². The zero-order chi connectivity index (χ0) is 18.5. The van der Waals surface area contributed by atoms with E-state index in [4.69, 9.17) is 28.9 Å². The maximum absolute atomic E-state index is 9.58. The summed E-state index contributed by atoms with van der Waals surface area (Å²) in [7, 11) is 0. The van der Waals surface area contributed by atoms with E-state index in [0.29, 0.717) is 23.0 Å². The first kappa shape index (κ1) is 18.1. The van der Waals surface area contributed by atoms with Gasteiger partial charge in [-0.1, -0.05) is 29.3 Å². The molecular formula is C18H17Cl2N5O. The van der Waals surface area contributed by atoms with Crippen LogP contribution in [0.5, 0.6) is 5.75 Å². The van der Waals surface area contributed by atoms with E-state index in [2.05, 4.69) is 20.5 Å². The Kier molecular flexibility index (Phi) is 5.65. The number of aliphatic imine (C=N–C) groups is 1.